The average Bonchev–Trinajstić information content (AvgIpc) is 3.27. The van der Waals surface area contributed by atoms with Crippen molar-refractivity contribution in [3.63, 3.8) is 0 Å². The van der Waals surface area contributed by atoms with E-state index < -0.39 is 0 Å². The Morgan fingerprint density at radius 2 is 1.69 bits per heavy atom. The van der Waals surface area contributed by atoms with Gasteiger partial charge in [-0.2, -0.15) is 0 Å². The molecule has 7 nitrogen and oxygen atoms in total. The summed E-state index contributed by atoms with van der Waals surface area (Å²) in [6.07, 6.45) is 5.79. The lowest BCUT2D eigenvalue weighted by molar-refractivity contribution is -0.136. The Morgan fingerprint density at radius 1 is 0.897 bits per heavy atom. The molecule has 152 valence electrons. The highest BCUT2D eigenvalue weighted by Gasteiger charge is 2.28. The molecule has 0 atom stereocenters. The summed E-state index contributed by atoms with van der Waals surface area (Å²) in [6, 6.07) is 9.79. The number of hydrogen-bond donors (Lipinski definition) is 0. The summed E-state index contributed by atoms with van der Waals surface area (Å²) < 4.78 is 10.8. The molecule has 0 spiro atoms. The van der Waals surface area contributed by atoms with Gasteiger partial charge in [-0.15, -0.1) is 10.2 Å². The number of piperazine rings is 1. The van der Waals surface area contributed by atoms with E-state index in [1.165, 1.54) is 19.3 Å². The van der Waals surface area contributed by atoms with E-state index in [9.17, 15) is 4.79 Å². The number of benzene rings is 1. The summed E-state index contributed by atoms with van der Waals surface area (Å²) in [4.78, 5) is 17.0. The smallest absolute Gasteiger partial charge is 0.231 e. The molecular weight excluding hydrogens is 368 g/mol. The molecule has 1 saturated carbocycles. The third-order valence-corrected chi connectivity index (χ3v) is 6.19. The van der Waals surface area contributed by atoms with Gasteiger partial charge in [0.15, 0.2) is 17.3 Å². The molecule has 2 aliphatic heterocycles. The van der Waals surface area contributed by atoms with Gasteiger partial charge in [0.25, 0.3) is 0 Å². The predicted octanol–water partition coefficient (Wildman–Crippen LogP) is 3.10. The lowest BCUT2D eigenvalue weighted by Crippen LogP contribution is -2.50. The number of anilines is 1. The lowest BCUT2D eigenvalue weighted by atomic mass is 9.88. The Balaban J connectivity index is 1.21. The topological polar surface area (TPSA) is 67.8 Å². The summed E-state index contributed by atoms with van der Waals surface area (Å²) in [5.74, 6) is 2.97. The van der Waals surface area contributed by atoms with Crippen molar-refractivity contribution in [1.29, 1.82) is 0 Å². The van der Waals surface area contributed by atoms with Crippen molar-refractivity contribution in [3.05, 3.63) is 30.3 Å². The minimum Gasteiger partial charge on any atom is -0.454 e. The first kappa shape index (κ1) is 18.2. The molecule has 29 heavy (non-hydrogen) atoms. The zero-order chi connectivity index (χ0) is 19.6. The number of hydrogen-bond acceptors (Lipinski definition) is 6. The number of ether oxygens (including phenoxy) is 2. The van der Waals surface area contributed by atoms with E-state index in [4.69, 9.17) is 9.47 Å². The van der Waals surface area contributed by atoms with Crippen LogP contribution in [0.1, 0.15) is 32.1 Å². The molecule has 1 aliphatic carbocycles. The second-order valence-electron chi connectivity index (χ2n) is 7.99. The van der Waals surface area contributed by atoms with Crippen LogP contribution in [0.25, 0.3) is 11.3 Å². The standard InChI is InChI=1S/C22H26N4O3/c27-22(16-4-2-1-3-5-16)26-12-10-25(11-13-26)21-9-7-18(23-24-21)17-6-8-19-20(14-17)29-15-28-19/h6-9,14,16H,1-5,10-13,15H2. The number of nitrogens with zero attached hydrogens (tertiary/aromatic N) is 4. The Morgan fingerprint density at radius 3 is 2.45 bits per heavy atom. The normalized spacial score (nSPS) is 19.4. The van der Waals surface area contributed by atoms with Crippen molar-refractivity contribution in [1.82, 2.24) is 15.1 Å². The molecule has 0 unspecified atom stereocenters. The van der Waals surface area contributed by atoms with Gasteiger partial charge in [-0.1, -0.05) is 19.3 Å². The van der Waals surface area contributed by atoms with Gasteiger partial charge in [-0.3, -0.25) is 4.79 Å². The molecule has 7 heteroatoms. The summed E-state index contributed by atoms with van der Waals surface area (Å²) in [5, 5.41) is 8.84. The predicted molar refractivity (Wildman–Crippen MR) is 109 cm³/mol. The number of amides is 1. The van der Waals surface area contributed by atoms with E-state index in [1.54, 1.807) is 0 Å². The Kier molecular flexibility index (Phi) is 4.96. The monoisotopic (exact) mass is 394 g/mol. The molecule has 0 radical (unpaired) electrons. The molecule has 0 N–H and O–H groups in total. The maximum atomic E-state index is 12.7. The third-order valence-electron chi connectivity index (χ3n) is 6.19. The Bertz CT molecular complexity index is 872. The van der Waals surface area contributed by atoms with E-state index >= 15 is 0 Å². The number of aromatic nitrogens is 2. The van der Waals surface area contributed by atoms with Gasteiger partial charge in [-0.25, -0.2) is 0 Å². The molecule has 2 fully saturated rings. The second-order valence-corrected chi connectivity index (χ2v) is 7.99. The Hall–Kier alpha value is -2.83. The van der Waals surface area contributed by atoms with Crippen LogP contribution in [0, 0.1) is 5.92 Å². The van der Waals surface area contributed by atoms with Gasteiger partial charge in [0.05, 0.1) is 5.69 Å². The van der Waals surface area contributed by atoms with Crippen molar-refractivity contribution in [2.24, 2.45) is 5.92 Å². The van der Waals surface area contributed by atoms with E-state index in [-0.39, 0.29) is 12.7 Å². The van der Waals surface area contributed by atoms with Crippen molar-refractivity contribution < 1.29 is 14.3 Å². The third kappa shape index (κ3) is 3.73. The van der Waals surface area contributed by atoms with E-state index in [0.29, 0.717) is 5.91 Å². The van der Waals surface area contributed by atoms with E-state index in [1.807, 2.05) is 35.2 Å². The first-order valence-corrected chi connectivity index (χ1v) is 10.6. The molecular formula is C22H26N4O3. The summed E-state index contributed by atoms with van der Waals surface area (Å²) in [5.41, 5.74) is 1.76. The van der Waals surface area contributed by atoms with Gasteiger partial charge < -0.3 is 19.3 Å². The minimum atomic E-state index is 0.246. The molecule has 2 aromatic rings. The first-order chi connectivity index (χ1) is 14.3. The number of fused-ring (bicyclic) bond motifs is 1. The SMILES string of the molecule is O=C(C1CCCCC1)N1CCN(c2ccc(-c3ccc4c(c3)OCO4)nn2)CC1. The summed E-state index contributed by atoms with van der Waals surface area (Å²) in [7, 11) is 0. The van der Waals surface area contributed by atoms with E-state index in [2.05, 4.69) is 15.1 Å². The van der Waals surface area contributed by atoms with Crippen LogP contribution < -0.4 is 14.4 Å². The molecule has 1 aromatic carbocycles. The summed E-state index contributed by atoms with van der Waals surface area (Å²) in [6.45, 7) is 3.40. The first-order valence-electron chi connectivity index (χ1n) is 10.6. The van der Waals surface area contributed by atoms with Gasteiger partial charge >= 0.3 is 0 Å². The van der Waals surface area contributed by atoms with Crippen LogP contribution in [0.2, 0.25) is 0 Å². The highest BCUT2D eigenvalue weighted by molar-refractivity contribution is 5.79. The molecule has 5 rings (SSSR count). The molecule has 1 saturated heterocycles. The maximum Gasteiger partial charge on any atom is 0.231 e. The van der Waals surface area contributed by atoms with Gasteiger partial charge in [0.2, 0.25) is 12.7 Å². The molecule has 3 aliphatic rings. The van der Waals surface area contributed by atoms with E-state index in [0.717, 1.165) is 67.6 Å². The van der Waals surface area contributed by atoms with Crippen molar-refractivity contribution in [2.45, 2.75) is 32.1 Å². The minimum absolute atomic E-state index is 0.246. The van der Waals surface area contributed by atoms with Crippen LogP contribution in [0.4, 0.5) is 5.82 Å². The highest BCUT2D eigenvalue weighted by Crippen LogP contribution is 2.35. The molecule has 1 amide bonds. The van der Waals surface area contributed by atoms with Gasteiger partial charge in [0.1, 0.15) is 0 Å². The van der Waals surface area contributed by atoms with Gasteiger partial charge in [0, 0.05) is 37.7 Å². The number of carbonyl (C=O) groups excluding carboxylic acids is 1. The molecule has 0 bridgehead atoms. The molecule has 1 aromatic heterocycles. The lowest BCUT2D eigenvalue weighted by Gasteiger charge is -2.37. The zero-order valence-electron chi connectivity index (χ0n) is 16.5. The molecule has 3 heterocycles. The zero-order valence-corrected chi connectivity index (χ0v) is 16.5. The fourth-order valence-electron chi connectivity index (χ4n) is 4.47. The van der Waals surface area contributed by atoms with Crippen LogP contribution in [0.5, 0.6) is 11.5 Å². The second kappa shape index (κ2) is 7.89. The van der Waals surface area contributed by atoms with Crippen LogP contribution in [-0.4, -0.2) is 54.0 Å². The highest BCUT2D eigenvalue weighted by atomic mass is 16.7. The average molecular weight is 394 g/mol. The van der Waals surface area contributed by atoms with Crippen molar-refractivity contribution >= 4 is 11.7 Å². The van der Waals surface area contributed by atoms with Crippen LogP contribution in [0.3, 0.4) is 0 Å². The van der Waals surface area contributed by atoms with Crippen LogP contribution in [-0.2, 0) is 4.79 Å². The van der Waals surface area contributed by atoms with Crippen molar-refractivity contribution in [2.75, 3.05) is 37.9 Å². The van der Waals surface area contributed by atoms with Gasteiger partial charge in [-0.05, 0) is 43.2 Å². The quantitative estimate of drug-likeness (QED) is 0.797. The van der Waals surface area contributed by atoms with Crippen LogP contribution in [0.15, 0.2) is 30.3 Å². The number of carbonyl (C=O) groups is 1. The maximum absolute atomic E-state index is 12.7. The van der Waals surface area contributed by atoms with Crippen LogP contribution >= 0.6 is 0 Å². The fraction of sp³-hybridized carbons (Fsp3) is 0.500. The number of rotatable bonds is 3. The Labute approximate surface area is 170 Å². The fourth-order valence-corrected chi connectivity index (χ4v) is 4.47. The summed E-state index contributed by atoms with van der Waals surface area (Å²) >= 11 is 0. The largest absolute Gasteiger partial charge is 0.454 e. The van der Waals surface area contributed by atoms with Crippen molar-refractivity contribution in [3.8, 4) is 22.8 Å².